The third kappa shape index (κ3) is 2.93. The van der Waals surface area contributed by atoms with Crippen molar-refractivity contribution in [1.82, 2.24) is 15.0 Å². The van der Waals surface area contributed by atoms with Crippen LogP contribution in [0.3, 0.4) is 0 Å². The molecular formula is C16H11N3O4. The molecule has 0 radical (unpaired) electrons. The van der Waals surface area contributed by atoms with Crippen LogP contribution in [0.4, 0.5) is 0 Å². The quantitative estimate of drug-likeness (QED) is 0.766. The summed E-state index contributed by atoms with van der Waals surface area (Å²) in [5, 5.41) is 26.2. The first-order valence-electron chi connectivity index (χ1n) is 6.64. The largest absolute Gasteiger partial charge is 0.478 e. The number of carbonyl (C=O) groups is 2. The molecule has 2 aromatic carbocycles. The minimum Gasteiger partial charge on any atom is -0.478 e. The summed E-state index contributed by atoms with van der Waals surface area (Å²) in [6, 6.07) is 13.1. The lowest BCUT2D eigenvalue weighted by molar-refractivity contribution is 0.0696. The van der Waals surface area contributed by atoms with Crippen LogP contribution in [0.5, 0.6) is 0 Å². The molecule has 2 N–H and O–H groups in total. The predicted octanol–water partition coefficient (Wildman–Crippen LogP) is 2.33. The lowest BCUT2D eigenvalue weighted by Gasteiger charge is -2.04. The summed E-state index contributed by atoms with van der Waals surface area (Å²) in [6.07, 6.45) is 1.61. The molecule has 0 saturated heterocycles. The predicted molar refractivity (Wildman–Crippen MR) is 80.7 cm³/mol. The molecule has 7 heteroatoms. The summed E-state index contributed by atoms with van der Waals surface area (Å²) < 4.78 is 1.35. The fourth-order valence-corrected chi connectivity index (χ4v) is 2.12. The number of carboxylic acids is 2. The number of rotatable bonds is 4. The van der Waals surface area contributed by atoms with E-state index < -0.39 is 11.9 Å². The summed E-state index contributed by atoms with van der Waals surface area (Å²) in [6.45, 7) is 0. The van der Waals surface area contributed by atoms with Gasteiger partial charge >= 0.3 is 11.9 Å². The molecule has 3 rings (SSSR count). The number of hydrogen-bond acceptors (Lipinski definition) is 4. The van der Waals surface area contributed by atoms with Crippen LogP contribution in [-0.2, 0) is 0 Å². The fourth-order valence-electron chi connectivity index (χ4n) is 2.12. The Bertz CT molecular complexity index is 855. The molecule has 7 nitrogen and oxygen atoms in total. The van der Waals surface area contributed by atoms with E-state index in [0.717, 1.165) is 11.6 Å². The Morgan fingerprint density at radius 3 is 2.09 bits per heavy atom. The zero-order valence-electron chi connectivity index (χ0n) is 11.7. The zero-order valence-corrected chi connectivity index (χ0v) is 11.7. The van der Waals surface area contributed by atoms with Gasteiger partial charge in [-0.1, -0.05) is 35.5 Å². The topological polar surface area (TPSA) is 105 Å². The molecule has 0 bridgehead atoms. The van der Waals surface area contributed by atoms with Crippen molar-refractivity contribution in [1.29, 1.82) is 0 Å². The zero-order chi connectivity index (χ0) is 16.4. The van der Waals surface area contributed by atoms with Crippen molar-refractivity contribution in [2.45, 2.75) is 0 Å². The smallest absolute Gasteiger partial charge is 0.335 e. The molecule has 0 spiro atoms. The molecule has 1 aromatic heterocycles. The van der Waals surface area contributed by atoms with Crippen LogP contribution in [0.25, 0.3) is 16.9 Å². The Kier molecular flexibility index (Phi) is 3.60. The van der Waals surface area contributed by atoms with Gasteiger partial charge in [-0.05, 0) is 18.2 Å². The summed E-state index contributed by atoms with van der Waals surface area (Å²) in [5.41, 5.74) is 1.51. The molecule has 0 atom stereocenters. The van der Waals surface area contributed by atoms with Crippen molar-refractivity contribution in [3.05, 3.63) is 65.9 Å². The van der Waals surface area contributed by atoms with E-state index in [-0.39, 0.29) is 11.1 Å². The Morgan fingerprint density at radius 2 is 1.52 bits per heavy atom. The first-order chi connectivity index (χ1) is 11.0. The number of hydrogen-bond donors (Lipinski definition) is 2. The van der Waals surface area contributed by atoms with Gasteiger partial charge in [0.25, 0.3) is 0 Å². The van der Waals surface area contributed by atoms with E-state index in [1.165, 1.54) is 16.8 Å². The van der Waals surface area contributed by atoms with E-state index in [9.17, 15) is 9.59 Å². The average molecular weight is 309 g/mol. The Hall–Kier alpha value is -3.48. The van der Waals surface area contributed by atoms with E-state index in [1.807, 2.05) is 30.3 Å². The summed E-state index contributed by atoms with van der Waals surface area (Å²) >= 11 is 0. The van der Waals surface area contributed by atoms with Gasteiger partial charge in [0.05, 0.1) is 23.0 Å². The fraction of sp³-hybridized carbons (Fsp3) is 0. The van der Waals surface area contributed by atoms with Gasteiger partial charge in [0, 0.05) is 5.56 Å². The van der Waals surface area contributed by atoms with Crippen LogP contribution >= 0.6 is 0 Å². The van der Waals surface area contributed by atoms with Crippen molar-refractivity contribution in [2.75, 3.05) is 0 Å². The number of carboxylic acid groups (broad SMARTS) is 2. The van der Waals surface area contributed by atoms with Crippen molar-refractivity contribution in [2.24, 2.45) is 0 Å². The second-order valence-electron chi connectivity index (χ2n) is 4.79. The minimum atomic E-state index is -1.21. The van der Waals surface area contributed by atoms with E-state index >= 15 is 0 Å². The van der Waals surface area contributed by atoms with Crippen LogP contribution in [0, 0.1) is 0 Å². The highest BCUT2D eigenvalue weighted by atomic mass is 16.4. The lowest BCUT2D eigenvalue weighted by atomic mass is 10.1. The lowest BCUT2D eigenvalue weighted by Crippen LogP contribution is -2.06. The molecule has 0 fully saturated rings. The summed E-state index contributed by atoms with van der Waals surface area (Å²) in [4.78, 5) is 22.3. The molecular weight excluding hydrogens is 298 g/mol. The maximum absolute atomic E-state index is 11.1. The van der Waals surface area contributed by atoms with E-state index in [2.05, 4.69) is 10.3 Å². The van der Waals surface area contributed by atoms with Crippen molar-refractivity contribution in [3.63, 3.8) is 0 Å². The number of benzene rings is 2. The highest BCUT2D eigenvalue weighted by Crippen LogP contribution is 2.19. The highest BCUT2D eigenvalue weighted by Gasteiger charge is 2.13. The van der Waals surface area contributed by atoms with Gasteiger partial charge in [0.1, 0.15) is 5.69 Å². The first kappa shape index (κ1) is 14.5. The van der Waals surface area contributed by atoms with E-state index in [4.69, 9.17) is 10.2 Å². The van der Waals surface area contributed by atoms with Gasteiger partial charge in [-0.2, -0.15) is 0 Å². The summed E-state index contributed by atoms with van der Waals surface area (Å²) in [5.74, 6) is -2.42. The SMILES string of the molecule is O=C(O)c1cc(C(=O)O)cc(-n2cc(-c3ccccc3)nn2)c1. The standard InChI is InChI=1S/C16H11N3O4/c20-15(21)11-6-12(16(22)23)8-13(7-11)19-9-14(17-18-19)10-4-2-1-3-5-10/h1-9H,(H,20,21)(H,22,23). The van der Waals surface area contributed by atoms with Crippen LogP contribution in [0.1, 0.15) is 20.7 Å². The number of nitrogens with zero attached hydrogens (tertiary/aromatic N) is 3. The Morgan fingerprint density at radius 1 is 0.913 bits per heavy atom. The number of aromatic carboxylic acids is 2. The van der Waals surface area contributed by atoms with E-state index in [0.29, 0.717) is 11.4 Å². The van der Waals surface area contributed by atoms with Crippen molar-refractivity contribution >= 4 is 11.9 Å². The molecule has 0 aliphatic carbocycles. The van der Waals surface area contributed by atoms with Gasteiger partial charge in [0.15, 0.2) is 0 Å². The Balaban J connectivity index is 2.07. The molecule has 0 amide bonds. The minimum absolute atomic E-state index is 0.128. The highest BCUT2D eigenvalue weighted by molar-refractivity contribution is 5.94. The molecule has 0 aliphatic rings. The molecule has 0 saturated carbocycles. The second kappa shape index (κ2) is 5.72. The number of aromatic nitrogens is 3. The molecule has 0 aliphatic heterocycles. The normalized spacial score (nSPS) is 10.4. The van der Waals surface area contributed by atoms with Crippen LogP contribution in [-0.4, -0.2) is 37.1 Å². The third-order valence-corrected chi connectivity index (χ3v) is 3.24. The van der Waals surface area contributed by atoms with Gasteiger partial charge in [-0.15, -0.1) is 5.10 Å². The van der Waals surface area contributed by atoms with Gasteiger partial charge in [-0.3, -0.25) is 0 Å². The van der Waals surface area contributed by atoms with Crippen LogP contribution in [0.15, 0.2) is 54.7 Å². The molecule has 23 heavy (non-hydrogen) atoms. The Labute approximate surface area is 130 Å². The van der Waals surface area contributed by atoms with Gasteiger partial charge in [0.2, 0.25) is 0 Å². The maximum Gasteiger partial charge on any atom is 0.335 e. The molecule has 114 valence electrons. The van der Waals surface area contributed by atoms with E-state index in [1.54, 1.807) is 6.20 Å². The average Bonchev–Trinajstić information content (AvgIpc) is 3.05. The first-order valence-corrected chi connectivity index (χ1v) is 6.64. The monoisotopic (exact) mass is 309 g/mol. The van der Waals surface area contributed by atoms with Crippen molar-refractivity contribution in [3.8, 4) is 16.9 Å². The second-order valence-corrected chi connectivity index (χ2v) is 4.79. The van der Waals surface area contributed by atoms with Crippen molar-refractivity contribution < 1.29 is 19.8 Å². The summed E-state index contributed by atoms with van der Waals surface area (Å²) in [7, 11) is 0. The van der Waals surface area contributed by atoms with Gasteiger partial charge in [-0.25, -0.2) is 14.3 Å². The third-order valence-electron chi connectivity index (χ3n) is 3.24. The van der Waals surface area contributed by atoms with Crippen LogP contribution < -0.4 is 0 Å². The van der Waals surface area contributed by atoms with Gasteiger partial charge < -0.3 is 10.2 Å². The molecule has 1 heterocycles. The maximum atomic E-state index is 11.1. The molecule has 3 aromatic rings. The van der Waals surface area contributed by atoms with Crippen LogP contribution in [0.2, 0.25) is 0 Å². The molecule has 0 unspecified atom stereocenters.